The smallest absolute Gasteiger partial charge is 0.257 e. The van der Waals surface area contributed by atoms with Crippen LogP contribution in [0.5, 0.6) is 11.5 Å². The molecule has 5 heteroatoms. The van der Waals surface area contributed by atoms with Gasteiger partial charge in [-0.15, -0.1) is 11.6 Å². The zero-order chi connectivity index (χ0) is 12.8. The van der Waals surface area contributed by atoms with Crippen LogP contribution in [0.4, 0.5) is 0 Å². The normalized spacial score (nSPS) is 9.88. The Balaban J connectivity index is 3.00. The molecular formula is C12H16ClNO3. The largest absolute Gasteiger partial charge is 0.497 e. The first-order valence-corrected chi connectivity index (χ1v) is 5.71. The second kappa shape index (κ2) is 6.35. The van der Waals surface area contributed by atoms with Crippen molar-refractivity contribution in [2.45, 2.75) is 0 Å². The molecule has 0 aliphatic heterocycles. The first-order valence-electron chi connectivity index (χ1n) is 5.17. The van der Waals surface area contributed by atoms with E-state index in [2.05, 4.69) is 0 Å². The fourth-order valence-electron chi connectivity index (χ4n) is 1.41. The van der Waals surface area contributed by atoms with Crippen molar-refractivity contribution in [3.63, 3.8) is 0 Å². The van der Waals surface area contributed by atoms with E-state index < -0.39 is 0 Å². The molecule has 4 nitrogen and oxygen atoms in total. The average Bonchev–Trinajstić information content (AvgIpc) is 2.37. The van der Waals surface area contributed by atoms with Crippen molar-refractivity contribution in [1.82, 2.24) is 4.90 Å². The number of ether oxygens (including phenoxy) is 2. The molecule has 0 bridgehead atoms. The lowest BCUT2D eigenvalue weighted by Gasteiger charge is -2.17. The van der Waals surface area contributed by atoms with Gasteiger partial charge in [0, 0.05) is 25.5 Å². The van der Waals surface area contributed by atoms with Crippen LogP contribution in [0.2, 0.25) is 0 Å². The van der Waals surface area contributed by atoms with Gasteiger partial charge in [0.05, 0.1) is 19.8 Å². The third-order valence-electron chi connectivity index (χ3n) is 2.41. The SMILES string of the molecule is COc1ccc(C(=O)N(C)CCCl)c(OC)c1. The van der Waals surface area contributed by atoms with Crippen LogP contribution in [0.25, 0.3) is 0 Å². The van der Waals surface area contributed by atoms with Gasteiger partial charge in [-0.25, -0.2) is 0 Å². The molecule has 0 atom stereocenters. The molecule has 94 valence electrons. The van der Waals surface area contributed by atoms with Crippen LogP contribution < -0.4 is 9.47 Å². The second-order valence-corrected chi connectivity index (χ2v) is 3.86. The summed E-state index contributed by atoms with van der Waals surface area (Å²) in [5.41, 5.74) is 0.501. The molecule has 1 aromatic carbocycles. The van der Waals surface area contributed by atoms with Gasteiger partial charge < -0.3 is 14.4 Å². The highest BCUT2D eigenvalue weighted by atomic mass is 35.5. The monoisotopic (exact) mass is 257 g/mol. The molecule has 0 radical (unpaired) electrons. The average molecular weight is 258 g/mol. The minimum Gasteiger partial charge on any atom is -0.497 e. The molecule has 0 aliphatic carbocycles. The molecule has 0 aromatic heterocycles. The van der Waals surface area contributed by atoms with Gasteiger partial charge in [0.2, 0.25) is 0 Å². The van der Waals surface area contributed by atoms with Crippen LogP contribution in [-0.4, -0.2) is 44.5 Å². The summed E-state index contributed by atoms with van der Waals surface area (Å²) in [4.78, 5) is 13.6. The van der Waals surface area contributed by atoms with Crippen molar-refractivity contribution in [1.29, 1.82) is 0 Å². The van der Waals surface area contributed by atoms with Crippen molar-refractivity contribution >= 4 is 17.5 Å². The molecule has 1 rings (SSSR count). The second-order valence-electron chi connectivity index (χ2n) is 3.48. The summed E-state index contributed by atoms with van der Waals surface area (Å²) in [5, 5.41) is 0. The highest BCUT2D eigenvalue weighted by Gasteiger charge is 2.16. The van der Waals surface area contributed by atoms with Gasteiger partial charge in [-0.2, -0.15) is 0 Å². The Morgan fingerprint density at radius 1 is 1.35 bits per heavy atom. The number of alkyl halides is 1. The third kappa shape index (κ3) is 3.27. The first-order chi connectivity index (χ1) is 8.13. The molecule has 0 fully saturated rings. The fraction of sp³-hybridized carbons (Fsp3) is 0.417. The van der Waals surface area contributed by atoms with Crippen molar-refractivity contribution < 1.29 is 14.3 Å². The van der Waals surface area contributed by atoms with E-state index in [9.17, 15) is 4.79 Å². The fourth-order valence-corrected chi connectivity index (χ4v) is 1.66. The zero-order valence-corrected chi connectivity index (χ0v) is 11.0. The number of halogens is 1. The number of benzene rings is 1. The summed E-state index contributed by atoms with van der Waals surface area (Å²) in [5.74, 6) is 1.43. The third-order valence-corrected chi connectivity index (χ3v) is 2.57. The Morgan fingerprint density at radius 2 is 2.06 bits per heavy atom. The Labute approximate surface area is 106 Å². The van der Waals surface area contributed by atoms with Gasteiger partial charge in [-0.3, -0.25) is 4.79 Å². The van der Waals surface area contributed by atoms with Gasteiger partial charge >= 0.3 is 0 Å². The van der Waals surface area contributed by atoms with E-state index in [0.29, 0.717) is 29.5 Å². The van der Waals surface area contributed by atoms with E-state index in [4.69, 9.17) is 21.1 Å². The van der Waals surface area contributed by atoms with Crippen LogP contribution in [0.15, 0.2) is 18.2 Å². The zero-order valence-electron chi connectivity index (χ0n) is 10.2. The summed E-state index contributed by atoms with van der Waals surface area (Å²) >= 11 is 5.60. The topological polar surface area (TPSA) is 38.8 Å². The van der Waals surface area contributed by atoms with Gasteiger partial charge in [0.25, 0.3) is 5.91 Å². The molecule has 0 spiro atoms. The Kier molecular flexibility index (Phi) is 5.10. The lowest BCUT2D eigenvalue weighted by atomic mass is 10.1. The Bertz CT molecular complexity index is 395. The summed E-state index contributed by atoms with van der Waals surface area (Å²) in [6, 6.07) is 5.09. The van der Waals surface area contributed by atoms with E-state index in [0.717, 1.165) is 0 Å². The summed E-state index contributed by atoms with van der Waals surface area (Å²) in [6.07, 6.45) is 0. The van der Waals surface area contributed by atoms with E-state index in [1.54, 1.807) is 37.3 Å². The van der Waals surface area contributed by atoms with Crippen molar-refractivity contribution in [2.75, 3.05) is 33.7 Å². The van der Waals surface area contributed by atoms with Gasteiger partial charge in [0.15, 0.2) is 0 Å². The molecule has 0 saturated heterocycles. The van der Waals surface area contributed by atoms with Crippen LogP contribution in [0.1, 0.15) is 10.4 Å². The minimum absolute atomic E-state index is 0.120. The number of methoxy groups -OCH3 is 2. The maximum absolute atomic E-state index is 12.1. The summed E-state index contributed by atoms with van der Waals surface area (Å²) < 4.78 is 10.3. The Hall–Kier alpha value is -1.42. The number of amides is 1. The van der Waals surface area contributed by atoms with Crippen LogP contribution in [0.3, 0.4) is 0 Å². The predicted octanol–water partition coefficient (Wildman–Crippen LogP) is 2.01. The summed E-state index contributed by atoms with van der Waals surface area (Å²) in [7, 11) is 4.79. The molecule has 17 heavy (non-hydrogen) atoms. The van der Waals surface area contributed by atoms with Gasteiger partial charge in [0.1, 0.15) is 11.5 Å². The van der Waals surface area contributed by atoms with E-state index in [-0.39, 0.29) is 5.91 Å². The van der Waals surface area contributed by atoms with E-state index in [1.165, 1.54) is 7.11 Å². The number of rotatable bonds is 5. The van der Waals surface area contributed by atoms with Crippen LogP contribution in [-0.2, 0) is 0 Å². The molecule has 0 unspecified atom stereocenters. The minimum atomic E-state index is -0.120. The highest BCUT2D eigenvalue weighted by molar-refractivity contribution is 6.18. The quantitative estimate of drug-likeness (QED) is 0.758. The maximum Gasteiger partial charge on any atom is 0.257 e. The lowest BCUT2D eigenvalue weighted by Crippen LogP contribution is -2.28. The molecular weight excluding hydrogens is 242 g/mol. The molecule has 0 N–H and O–H groups in total. The number of hydrogen-bond acceptors (Lipinski definition) is 3. The predicted molar refractivity (Wildman–Crippen MR) is 67.2 cm³/mol. The molecule has 1 amide bonds. The van der Waals surface area contributed by atoms with Gasteiger partial charge in [-0.1, -0.05) is 0 Å². The number of carbonyl (C=O) groups is 1. The van der Waals surface area contributed by atoms with Crippen LogP contribution in [0, 0.1) is 0 Å². The lowest BCUT2D eigenvalue weighted by molar-refractivity contribution is 0.0800. The van der Waals surface area contributed by atoms with Gasteiger partial charge in [-0.05, 0) is 12.1 Å². The molecule has 0 aliphatic rings. The van der Waals surface area contributed by atoms with E-state index in [1.807, 2.05) is 0 Å². The first kappa shape index (κ1) is 13.6. The number of carbonyl (C=O) groups excluding carboxylic acids is 1. The molecule has 1 aromatic rings. The van der Waals surface area contributed by atoms with E-state index >= 15 is 0 Å². The molecule has 0 saturated carbocycles. The van der Waals surface area contributed by atoms with Crippen molar-refractivity contribution in [3.05, 3.63) is 23.8 Å². The maximum atomic E-state index is 12.1. The van der Waals surface area contributed by atoms with Crippen LogP contribution >= 0.6 is 11.6 Å². The number of nitrogens with zero attached hydrogens (tertiary/aromatic N) is 1. The van der Waals surface area contributed by atoms with Crippen molar-refractivity contribution in [3.8, 4) is 11.5 Å². The summed E-state index contributed by atoms with van der Waals surface area (Å²) in [6.45, 7) is 0.496. The number of hydrogen-bond donors (Lipinski definition) is 0. The molecule has 0 heterocycles. The van der Waals surface area contributed by atoms with Crippen molar-refractivity contribution in [2.24, 2.45) is 0 Å². The highest BCUT2D eigenvalue weighted by Crippen LogP contribution is 2.25. The Morgan fingerprint density at radius 3 is 2.59 bits per heavy atom. The standard InChI is InChI=1S/C12H16ClNO3/c1-14(7-6-13)12(15)10-5-4-9(16-2)8-11(10)17-3/h4-5,8H,6-7H2,1-3H3.